The fraction of sp³-hybridized carbons (Fsp3) is 0.0667. The lowest BCUT2D eigenvalue weighted by Crippen LogP contribution is -2.17. The van der Waals surface area contributed by atoms with Gasteiger partial charge in [-0.05, 0) is 11.6 Å². The molecule has 2 heterocycles. The summed E-state index contributed by atoms with van der Waals surface area (Å²) in [6.07, 6.45) is 3.91. The number of carbonyl (C=O) groups is 1. The van der Waals surface area contributed by atoms with E-state index >= 15 is 0 Å². The lowest BCUT2D eigenvalue weighted by molar-refractivity contribution is 0.155. The summed E-state index contributed by atoms with van der Waals surface area (Å²) in [5.74, 6) is 0.353. The quantitative estimate of drug-likeness (QED) is 0.744. The Labute approximate surface area is 136 Å². The van der Waals surface area contributed by atoms with Gasteiger partial charge in [-0.25, -0.2) is 19.4 Å². The molecule has 0 atom stereocenters. The molecule has 0 spiro atoms. The second-order valence-corrected chi connectivity index (χ2v) is 4.86. The predicted molar refractivity (Wildman–Crippen MR) is 84.4 cm³/mol. The van der Waals surface area contributed by atoms with Crippen LogP contribution in [0.3, 0.4) is 0 Å². The first kappa shape index (κ1) is 15.0. The van der Waals surface area contributed by atoms with Crippen molar-refractivity contribution in [2.75, 3.05) is 5.32 Å². The molecule has 3 aromatic rings. The Morgan fingerprint density at radius 1 is 1.22 bits per heavy atom. The molecule has 7 nitrogen and oxygen atoms in total. The van der Waals surface area contributed by atoms with Crippen molar-refractivity contribution in [1.82, 2.24) is 19.7 Å². The molecule has 23 heavy (non-hydrogen) atoms. The summed E-state index contributed by atoms with van der Waals surface area (Å²) >= 11 is 6.05. The molecule has 0 saturated heterocycles. The van der Waals surface area contributed by atoms with Gasteiger partial charge >= 0.3 is 6.09 Å². The molecule has 1 amide bonds. The van der Waals surface area contributed by atoms with Crippen LogP contribution in [-0.2, 0) is 11.3 Å². The summed E-state index contributed by atoms with van der Waals surface area (Å²) in [7, 11) is 0. The van der Waals surface area contributed by atoms with Crippen molar-refractivity contribution in [3.05, 3.63) is 65.8 Å². The Kier molecular flexibility index (Phi) is 4.49. The molecular formula is C15H12ClN5O2. The monoisotopic (exact) mass is 329 g/mol. The van der Waals surface area contributed by atoms with E-state index in [1.807, 2.05) is 30.3 Å². The molecule has 0 bridgehead atoms. The summed E-state index contributed by atoms with van der Waals surface area (Å²) in [5.41, 5.74) is 1.11. The van der Waals surface area contributed by atoms with Crippen molar-refractivity contribution < 1.29 is 9.53 Å². The van der Waals surface area contributed by atoms with E-state index in [-0.39, 0.29) is 17.4 Å². The van der Waals surface area contributed by atoms with Crippen LogP contribution < -0.4 is 5.32 Å². The molecule has 1 aromatic carbocycles. The van der Waals surface area contributed by atoms with Crippen LogP contribution in [-0.4, -0.2) is 25.8 Å². The maximum absolute atomic E-state index is 12.0. The maximum Gasteiger partial charge on any atom is 0.412 e. The van der Waals surface area contributed by atoms with Gasteiger partial charge in [0.05, 0.1) is 0 Å². The number of benzene rings is 1. The van der Waals surface area contributed by atoms with Crippen LogP contribution in [0, 0.1) is 0 Å². The highest BCUT2D eigenvalue weighted by molar-refractivity contribution is 6.32. The average molecular weight is 330 g/mol. The number of halogens is 1. The fourth-order valence-electron chi connectivity index (χ4n) is 1.89. The molecule has 3 rings (SSSR count). The van der Waals surface area contributed by atoms with Crippen molar-refractivity contribution in [3.8, 4) is 5.82 Å². The summed E-state index contributed by atoms with van der Waals surface area (Å²) in [6, 6.07) is 11.1. The Hall–Kier alpha value is -2.93. The minimum atomic E-state index is -0.654. The third-order valence-corrected chi connectivity index (χ3v) is 3.23. The summed E-state index contributed by atoms with van der Waals surface area (Å²) in [5, 5.41) is 6.72. The SMILES string of the molecule is O=C(Nc1c(Cl)ncnc1-n1cccn1)OCc1ccccc1. The van der Waals surface area contributed by atoms with Gasteiger partial charge in [-0.2, -0.15) is 5.10 Å². The summed E-state index contributed by atoms with van der Waals surface area (Å²) < 4.78 is 6.64. The summed E-state index contributed by atoms with van der Waals surface area (Å²) in [6.45, 7) is 0.148. The Morgan fingerprint density at radius 3 is 2.78 bits per heavy atom. The minimum Gasteiger partial charge on any atom is -0.444 e. The zero-order chi connectivity index (χ0) is 16.1. The van der Waals surface area contributed by atoms with Crippen LogP contribution in [0.4, 0.5) is 10.5 Å². The number of rotatable bonds is 4. The highest BCUT2D eigenvalue weighted by atomic mass is 35.5. The standard InChI is InChI=1S/C15H12ClN5O2/c16-13-12(14(18-10-17-13)21-8-4-7-19-21)20-15(22)23-9-11-5-2-1-3-6-11/h1-8,10H,9H2,(H,20,22). The van der Waals surface area contributed by atoms with Gasteiger partial charge in [-0.15, -0.1) is 0 Å². The third-order valence-electron chi connectivity index (χ3n) is 2.94. The molecule has 116 valence electrons. The molecular weight excluding hydrogens is 318 g/mol. The first-order chi connectivity index (χ1) is 11.2. The Morgan fingerprint density at radius 2 is 2.04 bits per heavy atom. The van der Waals surface area contributed by atoms with Gasteiger partial charge < -0.3 is 4.74 Å². The van der Waals surface area contributed by atoms with Crippen LogP contribution in [0.25, 0.3) is 5.82 Å². The van der Waals surface area contributed by atoms with E-state index in [0.29, 0.717) is 5.82 Å². The number of carbonyl (C=O) groups excluding carboxylic acids is 1. The van der Waals surface area contributed by atoms with Crippen LogP contribution in [0.5, 0.6) is 0 Å². The molecule has 0 aliphatic rings. The lowest BCUT2D eigenvalue weighted by atomic mass is 10.2. The number of hydrogen-bond acceptors (Lipinski definition) is 5. The summed E-state index contributed by atoms with van der Waals surface area (Å²) in [4.78, 5) is 19.9. The van der Waals surface area contributed by atoms with E-state index < -0.39 is 6.09 Å². The second-order valence-electron chi connectivity index (χ2n) is 4.50. The largest absolute Gasteiger partial charge is 0.444 e. The predicted octanol–water partition coefficient (Wildman–Crippen LogP) is 3.06. The Balaban J connectivity index is 1.73. The van der Waals surface area contributed by atoms with Gasteiger partial charge in [-0.3, -0.25) is 5.32 Å². The van der Waals surface area contributed by atoms with Crippen LogP contribution >= 0.6 is 11.6 Å². The van der Waals surface area contributed by atoms with Crippen molar-refractivity contribution >= 4 is 23.4 Å². The van der Waals surface area contributed by atoms with E-state index in [4.69, 9.17) is 16.3 Å². The molecule has 1 N–H and O–H groups in total. The van der Waals surface area contributed by atoms with E-state index in [2.05, 4.69) is 20.4 Å². The number of nitrogens with one attached hydrogen (secondary N) is 1. The van der Waals surface area contributed by atoms with Crippen molar-refractivity contribution in [2.24, 2.45) is 0 Å². The third kappa shape index (κ3) is 3.64. The van der Waals surface area contributed by atoms with Gasteiger partial charge in [0.1, 0.15) is 18.6 Å². The minimum absolute atomic E-state index is 0.0992. The highest BCUT2D eigenvalue weighted by Crippen LogP contribution is 2.24. The average Bonchev–Trinajstić information content (AvgIpc) is 3.10. The first-order valence-corrected chi connectivity index (χ1v) is 7.10. The second kappa shape index (κ2) is 6.89. The molecule has 0 radical (unpaired) electrons. The first-order valence-electron chi connectivity index (χ1n) is 6.72. The topological polar surface area (TPSA) is 81.9 Å². The molecule has 0 saturated carbocycles. The molecule has 0 unspecified atom stereocenters. The fourth-order valence-corrected chi connectivity index (χ4v) is 2.07. The number of hydrogen-bond donors (Lipinski definition) is 1. The number of amides is 1. The number of aromatic nitrogens is 4. The zero-order valence-electron chi connectivity index (χ0n) is 11.9. The maximum atomic E-state index is 12.0. The lowest BCUT2D eigenvalue weighted by Gasteiger charge is -2.11. The van der Waals surface area contributed by atoms with Crippen molar-refractivity contribution in [2.45, 2.75) is 6.61 Å². The molecule has 8 heteroatoms. The van der Waals surface area contributed by atoms with Gasteiger partial charge in [0.25, 0.3) is 0 Å². The van der Waals surface area contributed by atoms with Gasteiger partial charge in [0, 0.05) is 12.4 Å². The van der Waals surface area contributed by atoms with E-state index in [9.17, 15) is 4.79 Å². The molecule has 2 aromatic heterocycles. The number of anilines is 1. The van der Waals surface area contributed by atoms with Crippen molar-refractivity contribution in [3.63, 3.8) is 0 Å². The smallest absolute Gasteiger partial charge is 0.412 e. The highest BCUT2D eigenvalue weighted by Gasteiger charge is 2.15. The molecule has 0 aliphatic heterocycles. The van der Waals surface area contributed by atoms with E-state index in [1.54, 1.807) is 18.5 Å². The van der Waals surface area contributed by atoms with Crippen molar-refractivity contribution in [1.29, 1.82) is 0 Å². The van der Waals surface area contributed by atoms with Gasteiger partial charge in [0.2, 0.25) is 0 Å². The van der Waals surface area contributed by atoms with E-state index in [0.717, 1.165) is 5.56 Å². The number of nitrogens with zero attached hydrogens (tertiary/aromatic N) is 4. The van der Waals surface area contributed by atoms with Crippen LogP contribution in [0.15, 0.2) is 55.1 Å². The van der Waals surface area contributed by atoms with Crippen LogP contribution in [0.1, 0.15) is 5.56 Å². The normalized spacial score (nSPS) is 10.3. The molecule has 0 fully saturated rings. The van der Waals surface area contributed by atoms with Gasteiger partial charge in [-0.1, -0.05) is 41.9 Å². The van der Waals surface area contributed by atoms with Crippen LogP contribution in [0.2, 0.25) is 5.15 Å². The zero-order valence-corrected chi connectivity index (χ0v) is 12.6. The molecule has 0 aliphatic carbocycles. The number of ether oxygens (including phenoxy) is 1. The van der Waals surface area contributed by atoms with E-state index in [1.165, 1.54) is 11.0 Å². The Bertz CT molecular complexity index is 793. The van der Waals surface area contributed by atoms with Gasteiger partial charge in [0.15, 0.2) is 11.0 Å².